The van der Waals surface area contributed by atoms with Crippen LogP contribution in [0.5, 0.6) is 0 Å². The molecule has 4 nitrogen and oxygen atoms in total. The lowest BCUT2D eigenvalue weighted by molar-refractivity contribution is 0.0797. The van der Waals surface area contributed by atoms with E-state index in [4.69, 9.17) is 27.9 Å². The Kier molecular flexibility index (Phi) is 3.81. The van der Waals surface area contributed by atoms with Gasteiger partial charge in [-0.3, -0.25) is 0 Å². The van der Waals surface area contributed by atoms with Crippen molar-refractivity contribution < 1.29 is 9.13 Å². The molecular formula is C10H10Cl2FN3O. The molecule has 7 heteroatoms. The highest BCUT2D eigenvalue weighted by Gasteiger charge is 2.15. The van der Waals surface area contributed by atoms with Crippen molar-refractivity contribution in [1.29, 1.82) is 0 Å². The molecule has 0 saturated carbocycles. The maximum absolute atomic E-state index is 13.6. The van der Waals surface area contributed by atoms with E-state index in [1.54, 1.807) is 0 Å². The van der Waals surface area contributed by atoms with Crippen LogP contribution in [-0.2, 0) is 11.5 Å². The van der Waals surface area contributed by atoms with E-state index in [1.165, 1.54) is 10.8 Å². The second-order valence-corrected chi connectivity index (χ2v) is 4.16. The molecule has 0 spiro atoms. The number of rotatable bonds is 4. The third-order valence-electron chi connectivity index (χ3n) is 2.18. The molecule has 0 aliphatic heterocycles. The first-order chi connectivity index (χ1) is 8.13. The SMILES string of the molecule is CCCOCn1cc(F)c2c(Cl)nc(Cl)nc21. The van der Waals surface area contributed by atoms with E-state index >= 15 is 0 Å². The normalized spacial score (nSPS) is 11.3. The van der Waals surface area contributed by atoms with Gasteiger partial charge in [-0.1, -0.05) is 18.5 Å². The lowest BCUT2D eigenvalue weighted by Crippen LogP contribution is -2.03. The summed E-state index contributed by atoms with van der Waals surface area (Å²) in [5, 5.41) is 0.153. The Morgan fingerprint density at radius 1 is 1.41 bits per heavy atom. The summed E-state index contributed by atoms with van der Waals surface area (Å²) in [6.07, 6.45) is 2.16. The number of nitrogens with zero attached hydrogens (tertiary/aromatic N) is 3. The van der Waals surface area contributed by atoms with Crippen molar-refractivity contribution in [2.45, 2.75) is 20.1 Å². The topological polar surface area (TPSA) is 39.9 Å². The molecule has 0 aromatic carbocycles. The standard InChI is InChI=1S/C10H10Cl2FN3O/c1-2-3-17-5-16-4-6(13)7-8(11)14-10(12)15-9(7)16/h4H,2-3,5H2,1H3. The number of hydrogen-bond donors (Lipinski definition) is 0. The molecule has 92 valence electrons. The Hall–Kier alpha value is -0.910. The Morgan fingerprint density at radius 2 is 2.18 bits per heavy atom. The van der Waals surface area contributed by atoms with Crippen molar-refractivity contribution in [3.8, 4) is 0 Å². The van der Waals surface area contributed by atoms with Gasteiger partial charge in [-0.2, -0.15) is 4.98 Å². The number of halogens is 3. The second kappa shape index (κ2) is 5.16. The zero-order chi connectivity index (χ0) is 12.4. The maximum atomic E-state index is 13.6. The molecule has 2 rings (SSSR count). The minimum Gasteiger partial charge on any atom is -0.361 e. The number of ether oxygens (including phenoxy) is 1. The molecule has 2 aromatic rings. The third kappa shape index (κ3) is 2.51. The summed E-state index contributed by atoms with van der Waals surface area (Å²) in [5.41, 5.74) is 0.337. The molecule has 0 aliphatic carbocycles. The predicted octanol–water partition coefficient (Wildman–Crippen LogP) is 3.26. The zero-order valence-corrected chi connectivity index (χ0v) is 10.6. The fraction of sp³-hybridized carbons (Fsp3) is 0.400. The van der Waals surface area contributed by atoms with Gasteiger partial charge >= 0.3 is 0 Å². The van der Waals surface area contributed by atoms with E-state index in [-0.39, 0.29) is 22.6 Å². The average molecular weight is 278 g/mol. The molecule has 0 saturated heterocycles. The number of aromatic nitrogens is 3. The van der Waals surface area contributed by atoms with Crippen LogP contribution in [0.2, 0.25) is 10.4 Å². The van der Waals surface area contributed by atoms with Gasteiger partial charge in [0, 0.05) is 12.8 Å². The minimum absolute atomic E-state index is 0.00624. The quantitative estimate of drug-likeness (QED) is 0.489. The van der Waals surface area contributed by atoms with Crippen LogP contribution in [0, 0.1) is 5.82 Å². The monoisotopic (exact) mass is 277 g/mol. The third-order valence-corrected chi connectivity index (χ3v) is 2.62. The number of fused-ring (bicyclic) bond motifs is 1. The predicted molar refractivity (Wildman–Crippen MR) is 63.7 cm³/mol. The van der Waals surface area contributed by atoms with E-state index < -0.39 is 5.82 Å². The highest BCUT2D eigenvalue weighted by Crippen LogP contribution is 2.26. The molecule has 0 amide bonds. The first kappa shape index (κ1) is 12.5. The van der Waals surface area contributed by atoms with E-state index in [2.05, 4.69) is 9.97 Å². The van der Waals surface area contributed by atoms with Crippen LogP contribution in [0.25, 0.3) is 11.0 Å². The van der Waals surface area contributed by atoms with Gasteiger partial charge in [0.25, 0.3) is 0 Å². The van der Waals surface area contributed by atoms with Crippen molar-refractivity contribution in [3.63, 3.8) is 0 Å². The Labute approximate surface area is 107 Å². The zero-order valence-electron chi connectivity index (χ0n) is 9.08. The average Bonchev–Trinajstić information content (AvgIpc) is 2.56. The van der Waals surface area contributed by atoms with Crippen LogP contribution >= 0.6 is 23.2 Å². The van der Waals surface area contributed by atoms with E-state index in [9.17, 15) is 4.39 Å². The smallest absolute Gasteiger partial charge is 0.225 e. The molecular weight excluding hydrogens is 268 g/mol. The van der Waals surface area contributed by atoms with E-state index in [0.717, 1.165) is 6.42 Å². The van der Waals surface area contributed by atoms with Gasteiger partial charge in [0.1, 0.15) is 11.9 Å². The van der Waals surface area contributed by atoms with Crippen LogP contribution in [-0.4, -0.2) is 21.1 Å². The van der Waals surface area contributed by atoms with Gasteiger partial charge in [-0.15, -0.1) is 0 Å². The summed E-state index contributed by atoms with van der Waals surface area (Å²) in [4.78, 5) is 7.65. The summed E-state index contributed by atoms with van der Waals surface area (Å²) in [6.45, 7) is 2.79. The lowest BCUT2D eigenvalue weighted by Gasteiger charge is -2.05. The van der Waals surface area contributed by atoms with Crippen LogP contribution < -0.4 is 0 Å². The maximum Gasteiger partial charge on any atom is 0.225 e. The summed E-state index contributed by atoms with van der Waals surface area (Å²) < 4.78 is 20.5. The van der Waals surface area contributed by atoms with Crippen molar-refractivity contribution in [1.82, 2.24) is 14.5 Å². The van der Waals surface area contributed by atoms with Crippen LogP contribution in [0.1, 0.15) is 13.3 Å². The fourth-order valence-corrected chi connectivity index (χ4v) is 1.94. The molecule has 0 aliphatic rings. The molecule has 0 bridgehead atoms. The molecule has 0 unspecified atom stereocenters. The van der Waals surface area contributed by atoms with Gasteiger partial charge < -0.3 is 9.30 Å². The summed E-state index contributed by atoms with van der Waals surface area (Å²) >= 11 is 11.5. The van der Waals surface area contributed by atoms with E-state index in [1.807, 2.05) is 6.92 Å². The minimum atomic E-state index is -0.484. The van der Waals surface area contributed by atoms with Crippen molar-refractivity contribution in [2.24, 2.45) is 0 Å². The fourth-order valence-electron chi connectivity index (χ4n) is 1.48. The highest BCUT2D eigenvalue weighted by atomic mass is 35.5. The first-order valence-electron chi connectivity index (χ1n) is 5.08. The lowest BCUT2D eigenvalue weighted by atomic mass is 10.4. The summed E-state index contributed by atoms with van der Waals surface area (Å²) in [5.74, 6) is -0.484. The Balaban J connectivity index is 2.43. The molecule has 0 atom stereocenters. The molecule has 2 heterocycles. The van der Waals surface area contributed by atoms with Gasteiger partial charge in [-0.25, -0.2) is 9.37 Å². The Bertz CT molecular complexity index is 544. The second-order valence-electron chi connectivity index (χ2n) is 3.47. The van der Waals surface area contributed by atoms with Gasteiger partial charge in [0.05, 0.1) is 5.39 Å². The van der Waals surface area contributed by atoms with Crippen molar-refractivity contribution >= 4 is 34.2 Å². The van der Waals surface area contributed by atoms with Gasteiger partial charge in [-0.05, 0) is 18.0 Å². The molecule has 2 aromatic heterocycles. The number of hydrogen-bond acceptors (Lipinski definition) is 3. The van der Waals surface area contributed by atoms with Crippen LogP contribution in [0.4, 0.5) is 4.39 Å². The van der Waals surface area contributed by atoms with Crippen LogP contribution in [0.15, 0.2) is 6.20 Å². The van der Waals surface area contributed by atoms with E-state index in [0.29, 0.717) is 12.3 Å². The summed E-state index contributed by atoms with van der Waals surface area (Å²) in [6, 6.07) is 0. The van der Waals surface area contributed by atoms with Crippen LogP contribution in [0.3, 0.4) is 0 Å². The van der Waals surface area contributed by atoms with Crippen molar-refractivity contribution in [2.75, 3.05) is 6.61 Å². The molecule has 0 fully saturated rings. The van der Waals surface area contributed by atoms with Gasteiger partial charge in [0.15, 0.2) is 11.5 Å². The largest absolute Gasteiger partial charge is 0.361 e. The first-order valence-corrected chi connectivity index (χ1v) is 5.84. The highest BCUT2D eigenvalue weighted by molar-refractivity contribution is 6.35. The van der Waals surface area contributed by atoms with Crippen molar-refractivity contribution in [3.05, 3.63) is 22.5 Å². The Morgan fingerprint density at radius 3 is 2.88 bits per heavy atom. The molecule has 17 heavy (non-hydrogen) atoms. The summed E-state index contributed by atoms with van der Waals surface area (Å²) in [7, 11) is 0. The van der Waals surface area contributed by atoms with Gasteiger partial charge in [0.2, 0.25) is 5.28 Å². The molecule has 0 radical (unpaired) electrons. The molecule has 0 N–H and O–H groups in total.